The van der Waals surface area contributed by atoms with Gasteiger partial charge in [0.1, 0.15) is 5.69 Å². The summed E-state index contributed by atoms with van der Waals surface area (Å²) in [5.74, 6) is -1.32. The highest BCUT2D eigenvalue weighted by Crippen LogP contribution is 2.30. The van der Waals surface area contributed by atoms with E-state index in [9.17, 15) is 22.8 Å². The first-order chi connectivity index (χ1) is 10.3. The van der Waals surface area contributed by atoms with E-state index in [4.69, 9.17) is 0 Å². The van der Waals surface area contributed by atoms with Gasteiger partial charge in [0.15, 0.2) is 5.75 Å². The zero-order valence-electron chi connectivity index (χ0n) is 11.2. The maximum absolute atomic E-state index is 12.3. The highest BCUT2D eigenvalue weighted by atomic mass is 19.4. The summed E-state index contributed by atoms with van der Waals surface area (Å²) in [4.78, 5) is 23.2. The molecule has 1 amide bonds. The number of aromatic nitrogens is 2. The van der Waals surface area contributed by atoms with E-state index < -0.39 is 23.6 Å². The van der Waals surface area contributed by atoms with Crippen molar-refractivity contribution in [3.05, 3.63) is 52.4 Å². The Balaban J connectivity index is 2.25. The van der Waals surface area contributed by atoms with Crippen LogP contribution in [0.4, 0.5) is 18.9 Å². The average molecular weight is 313 g/mol. The number of alkyl halides is 3. The fourth-order valence-corrected chi connectivity index (χ4v) is 1.59. The highest BCUT2D eigenvalue weighted by Gasteiger charge is 2.32. The van der Waals surface area contributed by atoms with Gasteiger partial charge in [-0.25, -0.2) is 4.68 Å². The van der Waals surface area contributed by atoms with Crippen LogP contribution < -0.4 is 15.6 Å². The third-order valence-electron chi connectivity index (χ3n) is 2.55. The molecule has 0 saturated heterocycles. The van der Waals surface area contributed by atoms with E-state index in [-0.39, 0.29) is 11.4 Å². The number of rotatable bonds is 3. The number of halogens is 3. The Hall–Kier alpha value is -2.84. The molecular weight excluding hydrogens is 303 g/mol. The van der Waals surface area contributed by atoms with Crippen molar-refractivity contribution in [1.82, 2.24) is 9.78 Å². The molecule has 6 nitrogen and oxygen atoms in total. The second-order valence-electron chi connectivity index (χ2n) is 4.18. The minimum Gasteiger partial charge on any atom is -0.404 e. The maximum Gasteiger partial charge on any atom is 0.573 e. The summed E-state index contributed by atoms with van der Waals surface area (Å²) < 4.78 is 41.6. The van der Waals surface area contributed by atoms with Gasteiger partial charge in [-0.1, -0.05) is 12.1 Å². The zero-order valence-corrected chi connectivity index (χ0v) is 11.2. The summed E-state index contributed by atoms with van der Waals surface area (Å²) in [6.07, 6.45) is -4.88. The summed E-state index contributed by atoms with van der Waals surface area (Å²) in [5, 5.41) is 5.96. The predicted molar refractivity (Wildman–Crippen MR) is 70.6 cm³/mol. The maximum atomic E-state index is 12.3. The van der Waals surface area contributed by atoms with Gasteiger partial charge >= 0.3 is 6.36 Å². The third kappa shape index (κ3) is 3.84. The van der Waals surface area contributed by atoms with Crippen LogP contribution in [0.2, 0.25) is 0 Å². The third-order valence-corrected chi connectivity index (χ3v) is 2.55. The van der Waals surface area contributed by atoms with Crippen molar-refractivity contribution in [2.24, 2.45) is 7.05 Å². The molecule has 1 N–H and O–H groups in total. The number of benzene rings is 1. The molecule has 0 aliphatic heterocycles. The van der Waals surface area contributed by atoms with E-state index in [1.54, 1.807) is 0 Å². The molecule has 9 heteroatoms. The number of para-hydroxylation sites is 2. The average Bonchev–Trinajstić information content (AvgIpc) is 2.42. The van der Waals surface area contributed by atoms with Gasteiger partial charge in [-0.3, -0.25) is 9.59 Å². The number of nitrogens with zero attached hydrogens (tertiary/aromatic N) is 2. The minimum atomic E-state index is -4.88. The highest BCUT2D eigenvalue weighted by molar-refractivity contribution is 6.03. The largest absolute Gasteiger partial charge is 0.573 e. The molecule has 22 heavy (non-hydrogen) atoms. The normalized spacial score (nSPS) is 11.1. The quantitative estimate of drug-likeness (QED) is 0.940. The van der Waals surface area contributed by atoms with Crippen LogP contribution in [0.3, 0.4) is 0 Å². The van der Waals surface area contributed by atoms with Gasteiger partial charge in [0, 0.05) is 13.1 Å². The van der Waals surface area contributed by atoms with Crippen molar-refractivity contribution in [3.8, 4) is 5.75 Å². The predicted octanol–water partition coefficient (Wildman–Crippen LogP) is 1.93. The molecule has 1 aromatic carbocycles. The zero-order chi connectivity index (χ0) is 16.3. The van der Waals surface area contributed by atoms with Crippen LogP contribution in [0.5, 0.6) is 5.75 Å². The lowest BCUT2D eigenvalue weighted by atomic mass is 10.2. The lowest BCUT2D eigenvalue weighted by molar-refractivity contribution is -0.274. The monoisotopic (exact) mass is 313 g/mol. The molecule has 2 rings (SSSR count). The number of aryl methyl sites for hydroxylation is 1. The van der Waals surface area contributed by atoms with Crippen LogP contribution >= 0.6 is 0 Å². The first kappa shape index (κ1) is 15.5. The topological polar surface area (TPSA) is 73.2 Å². The SMILES string of the molecule is Cn1nc(C(=O)Nc2ccccc2OC(F)(F)F)ccc1=O. The Morgan fingerprint density at radius 3 is 2.55 bits per heavy atom. The van der Waals surface area contributed by atoms with E-state index >= 15 is 0 Å². The van der Waals surface area contributed by atoms with E-state index in [0.29, 0.717) is 0 Å². The summed E-state index contributed by atoms with van der Waals surface area (Å²) in [6.45, 7) is 0. The molecule has 0 fully saturated rings. The van der Waals surface area contributed by atoms with Crippen LogP contribution in [-0.4, -0.2) is 22.1 Å². The number of hydrogen-bond acceptors (Lipinski definition) is 4. The van der Waals surface area contributed by atoms with Crippen molar-refractivity contribution in [2.45, 2.75) is 6.36 Å². The first-order valence-corrected chi connectivity index (χ1v) is 5.97. The molecule has 2 aromatic rings. The second kappa shape index (κ2) is 5.88. The van der Waals surface area contributed by atoms with Crippen molar-refractivity contribution in [2.75, 3.05) is 5.32 Å². The van der Waals surface area contributed by atoms with E-state index in [1.165, 1.54) is 31.3 Å². The molecule has 1 heterocycles. The van der Waals surface area contributed by atoms with Crippen LogP contribution in [0.25, 0.3) is 0 Å². The van der Waals surface area contributed by atoms with Gasteiger partial charge in [0.2, 0.25) is 0 Å². The van der Waals surface area contributed by atoms with Gasteiger partial charge in [-0.2, -0.15) is 5.10 Å². The van der Waals surface area contributed by atoms with Gasteiger partial charge in [-0.05, 0) is 18.2 Å². The number of amides is 1. The number of anilines is 1. The van der Waals surface area contributed by atoms with Crippen molar-refractivity contribution >= 4 is 11.6 Å². The molecule has 0 unspecified atom stereocenters. The lowest BCUT2D eigenvalue weighted by Crippen LogP contribution is -2.24. The molecule has 0 spiro atoms. The smallest absolute Gasteiger partial charge is 0.404 e. The first-order valence-electron chi connectivity index (χ1n) is 5.97. The summed E-state index contributed by atoms with van der Waals surface area (Å²) in [5.41, 5.74) is -0.707. The van der Waals surface area contributed by atoms with Crippen molar-refractivity contribution in [1.29, 1.82) is 0 Å². The summed E-state index contributed by atoms with van der Waals surface area (Å²) in [7, 11) is 1.35. The number of carbonyl (C=O) groups is 1. The van der Waals surface area contributed by atoms with Crippen LogP contribution in [-0.2, 0) is 7.05 Å². The fraction of sp³-hybridized carbons (Fsp3) is 0.154. The minimum absolute atomic E-state index is 0.121. The van der Waals surface area contributed by atoms with E-state index in [2.05, 4.69) is 15.2 Å². The van der Waals surface area contributed by atoms with Gasteiger partial charge in [-0.15, -0.1) is 13.2 Å². The van der Waals surface area contributed by atoms with Crippen LogP contribution in [0.15, 0.2) is 41.2 Å². The number of nitrogens with one attached hydrogen (secondary N) is 1. The van der Waals surface area contributed by atoms with Crippen LogP contribution in [0.1, 0.15) is 10.5 Å². The van der Waals surface area contributed by atoms with E-state index in [0.717, 1.165) is 16.8 Å². The molecule has 116 valence electrons. The Morgan fingerprint density at radius 2 is 1.91 bits per heavy atom. The number of ether oxygens (including phenoxy) is 1. The standard InChI is InChI=1S/C13H10F3N3O3/c1-19-11(20)7-6-9(18-19)12(21)17-8-4-2-3-5-10(8)22-13(14,15)16/h2-7H,1H3,(H,17,21). The van der Waals surface area contributed by atoms with Crippen molar-refractivity contribution in [3.63, 3.8) is 0 Å². The molecular formula is C13H10F3N3O3. The fourth-order valence-electron chi connectivity index (χ4n) is 1.59. The molecule has 0 aliphatic carbocycles. The molecule has 0 aliphatic rings. The number of hydrogen-bond donors (Lipinski definition) is 1. The molecule has 0 radical (unpaired) electrons. The lowest BCUT2D eigenvalue weighted by Gasteiger charge is -2.13. The molecule has 1 aromatic heterocycles. The van der Waals surface area contributed by atoms with Crippen molar-refractivity contribution < 1.29 is 22.7 Å². The second-order valence-corrected chi connectivity index (χ2v) is 4.18. The van der Waals surface area contributed by atoms with Crippen LogP contribution in [0, 0.1) is 0 Å². The Labute approximate surface area is 122 Å². The molecule has 0 atom stereocenters. The Kier molecular flexibility index (Phi) is 4.15. The molecule has 0 saturated carbocycles. The van der Waals surface area contributed by atoms with Gasteiger partial charge in [0.25, 0.3) is 11.5 Å². The molecule has 0 bridgehead atoms. The number of carbonyl (C=O) groups excluding carboxylic acids is 1. The van der Waals surface area contributed by atoms with Gasteiger partial charge in [0.05, 0.1) is 5.69 Å². The summed E-state index contributed by atoms with van der Waals surface area (Å²) >= 11 is 0. The Bertz CT molecular complexity index is 756. The van der Waals surface area contributed by atoms with Gasteiger partial charge < -0.3 is 10.1 Å². The Morgan fingerprint density at radius 1 is 1.23 bits per heavy atom. The summed E-state index contributed by atoms with van der Waals surface area (Å²) in [6, 6.07) is 7.39. The van der Waals surface area contributed by atoms with E-state index in [1.807, 2.05) is 0 Å².